The molecule has 178 valence electrons. The summed E-state index contributed by atoms with van der Waals surface area (Å²) in [4.78, 5) is 36.1. The van der Waals surface area contributed by atoms with Gasteiger partial charge < -0.3 is 9.47 Å². The lowest BCUT2D eigenvalue weighted by atomic mass is 10.2. The quantitative estimate of drug-likeness (QED) is 0.543. The van der Waals surface area contributed by atoms with Crippen molar-refractivity contribution in [3.8, 4) is 5.75 Å². The second-order valence-corrected chi connectivity index (χ2v) is 9.00. The van der Waals surface area contributed by atoms with E-state index in [4.69, 9.17) is 4.74 Å². The van der Waals surface area contributed by atoms with Gasteiger partial charge in [-0.3, -0.25) is 14.9 Å². The van der Waals surface area contributed by atoms with Gasteiger partial charge in [-0.15, -0.1) is 0 Å². The molecule has 0 aliphatic heterocycles. The molecule has 0 saturated heterocycles. The van der Waals surface area contributed by atoms with Gasteiger partial charge >= 0.3 is 12.6 Å². The molecule has 12 heteroatoms. The SMILES string of the molecule is CC(C)N(C)S(=O)(=O)c1cccc(C(=O)OCC(=O)NC(=O)c2ccc(OC(F)F)cc2)c1. The highest BCUT2D eigenvalue weighted by atomic mass is 32.2. The first-order chi connectivity index (χ1) is 15.4. The van der Waals surface area contributed by atoms with Crippen molar-refractivity contribution in [2.24, 2.45) is 0 Å². The van der Waals surface area contributed by atoms with E-state index in [1.165, 1.54) is 37.4 Å². The molecule has 0 bridgehead atoms. The number of imide groups is 1. The third-order valence-corrected chi connectivity index (χ3v) is 6.43. The fourth-order valence-corrected chi connectivity index (χ4v) is 3.88. The summed E-state index contributed by atoms with van der Waals surface area (Å²) < 4.78 is 59.6. The molecule has 0 unspecified atom stereocenters. The van der Waals surface area contributed by atoms with Gasteiger partial charge in [-0.05, 0) is 56.3 Å². The van der Waals surface area contributed by atoms with Crippen LogP contribution in [-0.4, -0.2) is 56.8 Å². The van der Waals surface area contributed by atoms with E-state index in [1.807, 2.05) is 5.32 Å². The zero-order chi connectivity index (χ0) is 24.8. The molecule has 9 nitrogen and oxygen atoms in total. The number of rotatable bonds is 9. The smallest absolute Gasteiger partial charge is 0.387 e. The fourth-order valence-electron chi connectivity index (χ4n) is 2.46. The molecule has 0 aromatic heterocycles. The van der Waals surface area contributed by atoms with Crippen LogP contribution in [0.15, 0.2) is 53.4 Å². The Kier molecular flexibility index (Phi) is 8.60. The minimum absolute atomic E-state index is 0.0107. The predicted molar refractivity (Wildman–Crippen MR) is 112 cm³/mol. The topological polar surface area (TPSA) is 119 Å². The maximum atomic E-state index is 12.6. The van der Waals surface area contributed by atoms with Crippen LogP contribution in [-0.2, 0) is 19.6 Å². The summed E-state index contributed by atoms with van der Waals surface area (Å²) in [6, 6.07) is 9.44. The summed E-state index contributed by atoms with van der Waals surface area (Å²) in [6.45, 7) is -0.430. The third-order valence-electron chi connectivity index (χ3n) is 4.40. The van der Waals surface area contributed by atoms with E-state index in [9.17, 15) is 31.6 Å². The Morgan fingerprint density at radius 3 is 2.24 bits per heavy atom. The molecule has 0 fully saturated rings. The van der Waals surface area contributed by atoms with Crippen molar-refractivity contribution in [3.05, 3.63) is 59.7 Å². The van der Waals surface area contributed by atoms with Crippen molar-refractivity contribution in [2.75, 3.05) is 13.7 Å². The van der Waals surface area contributed by atoms with E-state index in [1.54, 1.807) is 13.8 Å². The van der Waals surface area contributed by atoms with E-state index in [2.05, 4.69) is 4.74 Å². The number of nitrogens with zero attached hydrogens (tertiary/aromatic N) is 1. The number of alkyl halides is 2. The molecule has 0 radical (unpaired) electrons. The Balaban J connectivity index is 1.96. The van der Waals surface area contributed by atoms with Gasteiger partial charge in [-0.2, -0.15) is 13.1 Å². The molecule has 1 N–H and O–H groups in total. The second-order valence-electron chi connectivity index (χ2n) is 7.00. The summed E-state index contributed by atoms with van der Waals surface area (Å²) >= 11 is 0. The third kappa shape index (κ3) is 7.05. The van der Waals surface area contributed by atoms with Crippen LogP contribution in [0.25, 0.3) is 0 Å². The minimum Gasteiger partial charge on any atom is -0.452 e. The van der Waals surface area contributed by atoms with Crippen LogP contribution < -0.4 is 10.1 Å². The number of esters is 1. The molecule has 2 aromatic carbocycles. The van der Waals surface area contributed by atoms with E-state index >= 15 is 0 Å². The molecule has 33 heavy (non-hydrogen) atoms. The summed E-state index contributed by atoms with van der Waals surface area (Å²) in [5, 5.41) is 1.98. The molecule has 2 aromatic rings. The molecular weight excluding hydrogens is 462 g/mol. The molecule has 0 aliphatic rings. The molecule has 2 rings (SSSR count). The number of hydrogen-bond acceptors (Lipinski definition) is 7. The number of benzene rings is 2. The van der Waals surface area contributed by atoms with Crippen molar-refractivity contribution in [2.45, 2.75) is 31.4 Å². The van der Waals surface area contributed by atoms with Gasteiger partial charge in [0, 0.05) is 18.7 Å². The van der Waals surface area contributed by atoms with Crippen LogP contribution in [0.1, 0.15) is 34.6 Å². The van der Waals surface area contributed by atoms with E-state index < -0.39 is 41.0 Å². The largest absolute Gasteiger partial charge is 0.452 e. The Morgan fingerprint density at radius 1 is 1.03 bits per heavy atom. The number of sulfonamides is 1. The monoisotopic (exact) mass is 484 g/mol. The zero-order valence-electron chi connectivity index (χ0n) is 17.9. The van der Waals surface area contributed by atoms with Crippen LogP contribution in [0, 0.1) is 0 Å². The lowest BCUT2D eigenvalue weighted by Gasteiger charge is -2.21. The van der Waals surface area contributed by atoms with Gasteiger partial charge in [0.1, 0.15) is 5.75 Å². The lowest BCUT2D eigenvalue weighted by Crippen LogP contribution is -2.34. The maximum absolute atomic E-state index is 12.6. The van der Waals surface area contributed by atoms with Crippen LogP contribution in [0.2, 0.25) is 0 Å². The molecule has 0 spiro atoms. The molecule has 0 heterocycles. The fraction of sp³-hybridized carbons (Fsp3) is 0.286. The maximum Gasteiger partial charge on any atom is 0.387 e. The molecule has 0 aliphatic carbocycles. The average Bonchev–Trinajstić information content (AvgIpc) is 2.76. The van der Waals surface area contributed by atoms with Crippen LogP contribution in [0.5, 0.6) is 5.75 Å². The highest BCUT2D eigenvalue weighted by molar-refractivity contribution is 7.89. The Labute approximate surface area is 189 Å². The van der Waals surface area contributed by atoms with Crippen LogP contribution in [0.4, 0.5) is 8.78 Å². The first-order valence-electron chi connectivity index (χ1n) is 9.56. The summed E-state index contributed by atoms with van der Waals surface area (Å²) in [6.07, 6.45) is 0. The van der Waals surface area contributed by atoms with E-state index in [0.717, 1.165) is 22.5 Å². The van der Waals surface area contributed by atoms with Crippen molar-refractivity contribution in [1.82, 2.24) is 9.62 Å². The number of halogens is 2. The van der Waals surface area contributed by atoms with E-state index in [0.29, 0.717) is 0 Å². The number of hydrogen-bond donors (Lipinski definition) is 1. The van der Waals surface area contributed by atoms with Crippen LogP contribution in [0.3, 0.4) is 0 Å². The average molecular weight is 484 g/mol. The number of nitrogens with one attached hydrogen (secondary N) is 1. The number of amides is 2. The van der Waals surface area contributed by atoms with Crippen molar-refractivity contribution in [3.63, 3.8) is 0 Å². The summed E-state index contributed by atoms with van der Waals surface area (Å²) in [7, 11) is -2.42. The van der Waals surface area contributed by atoms with Crippen molar-refractivity contribution in [1.29, 1.82) is 0 Å². The lowest BCUT2D eigenvalue weighted by molar-refractivity contribution is -0.123. The minimum atomic E-state index is -3.83. The first kappa shape index (κ1) is 25.9. The van der Waals surface area contributed by atoms with Gasteiger partial charge in [0.25, 0.3) is 11.8 Å². The van der Waals surface area contributed by atoms with Gasteiger partial charge in [-0.25, -0.2) is 13.2 Å². The zero-order valence-corrected chi connectivity index (χ0v) is 18.8. The Morgan fingerprint density at radius 2 is 1.67 bits per heavy atom. The molecular formula is C21H22F2N2O7S. The summed E-state index contributed by atoms with van der Waals surface area (Å²) in [5.74, 6) is -2.91. The van der Waals surface area contributed by atoms with E-state index in [-0.39, 0.29) is 27.8 Å². The van der Waals surface area contributed by atoms with Crippen molar-refractivity contribution < 1.29 is 41.1 Å². The molecule has 0 atom stereocenters. The highest BCUT2D eigenvalue weighted by Crippen LogP contribution is 2.18. The summed E-state index contributed by atoms with van der Waals surface area (Å²) in [5.41, 5.74) is -0.106. The van der Waals surface area contributed by atoms with Gasteiger partial charge in [0.15, 0.2) is 6.61 Å². The predicted octanol–water partition coefficient (Wildman–Crippen LogP) is 2.43. The molecule has 2 amide bonds. The molecule has 0 saturated carbocycles. The second kappa shape index (κ2) is 11.0. The van der Waals surface area contributed by atoms with Gasteiger partial charge in [-0.1, -0.05) is 6.07 Å². The highest BCUT2D eigenvalue weighted by Gasteiger charge is 2.24. The number of carbonyl (C=O) groups excluding carboxylic acids is 3. The number of ether oxygens (including phenoxy) is 2. The normalized spacial score (nSPS) is 11.5. The van der Waals surface area contributed by atoms with Crippen molar-refractivity contribution >= 4 is 27.8 Å². The first-order valence-corrected chi connectivity index (χ1v) is 11.0. The van der Waals surface area contributed by atoms with Gasteiger partial charge in [0.05, 0.1) is 10.5 Å². The van der Waals surface area contributed by atoms with Crippen LogP contribution >= 0.6 is 0 Å². The van der Waals surface area contributed by atoms with Gasteiger partial charge in [0.2, 0.25) is 10.0 Å². The Bertz CT molecular complexity index is 1120. The number of carbonyl (C=O) groups is 3. The standard InChI is InChI=1S/C21H22F2N2O7S/c1-13(2)25(3)33(29,30)17-6-4-5-15(11-17)20(28)31-12-18(26)24-19(27)14-7-9-16(10-8-14)32-21(22)23/h4-11,13,21H,12H2,1-3H3,(H,24,26,27). The Hall–Kier alpha value is -3.38.